The maximum Gasteiger partial charge on any atom is 0.488 e. The van der Waals surface area contributed by atoms with Crippen molar-refractivity contribution < 1.29 is 24.7 Å². The van der Waals surface area contributed by atoms with E-state index in [2.05, 4.69) is 5.32 Å². The molecule has 0 aromatic heterocycles. The van der Waals surface area contributed by atoms with Crippen molar-refractivity contribution in [1.82, 2.24) is 5.32 Å². The van der Waals surface area contributed by atoms with Gasteiger partial charge in [-0.3, -0.25) is 4.79 Å². The predicted molar refractivity (Wildman–Crippen MR) is 87.0 cm³/mol. The van der Waals surface area contributed by atoms with Gasteiger partial charge < -0.3 is 26.2 Å². The summed E-state index contributed by atoms with van der Waals surface area (Å²) < 4.78 is 0. The number of carbonyl (C=O) groups is 2. The number of carboxylic acid groups (broad SMARTS) is 1. The largest absolute Gasteiger partial charge is 0.488 e. The number of aliphatic carboxylic acids is 1. The number of benzene rings is 1. The molecule has 0 saturated carbocycles. The van der Waals surface area contributed by atoms with Gasteiger partial charge >= 0.3 is 13.1 Å². The lowest BCUT2D eigenvalue weighted by molar-refractivity contribution is -0.142. The minimum absolute atomic E-state index is 0.130. The lowest BCUT2D eigenvalue weighted by Crippen LogP contribution is -2.49. The summed E-state index contributed by atoms with van der Waals surface area (Å²) in [6.07, 6.45) is 0.554. The third-order valence-electron chi connectivity index (χ3n) is 3.39. The van der Waals surface area contributed by atoms with Gasteiger partial charge in [0.15, 0.2) is 0 Å². The standard InChI is InChI=1S/C15H23BN2O5/c1-9(2)7-13(15(20)21)18-14(19)12(17)8-10-3-5-11(6-4-10)16(22)23/h3-6,9,12-13,22-23H,7-8,17H2,1-2H3,(H,18,19)(H,20,21)/t12-,13-/m0/s1. The Balaban J connectivity index is 2.63. The van der Waals surface area contributed by atoms with Crippen LogP contribution in [0.15, 0.2) is 24.3 Å². The van der Waals surface area contributed by atoms with Crippen LogP contribution in [0.5, 0.6) is 0 Å². The average molecular weight is 322 g/mol. The topological polar surface area (TPSA) is 133 Å². The lowest BCUT2D eigenvalue weighted by atomic mass is 9.80. The van der Waals surface area contributed by atoms with E-state index < -0.39 is 31.1 Å². The minimum Gasteiger partial charge on any atom is -0.480 e. The Morgan fingerprint density at radius 2 is 1.78 bits per heavy atom. The van der Waals surface area contributed by atoms with Crippen molar-refractivity contribution in [3.63, 3.8) is 0 Å². The van der Waals surface area contributed by atoms with Crippen molar-refractivity contribution in [2.75, 3.05) is 0 Å². The molecule has 6 N–H and O–H groups in total. The van der Waals surface area contributed by atoms with Crippen molar-refractivity contribution in [2.24, 2.45) is 11.7 Å². The van der Waals surface area contributed by atoms with Crippen molar-refractivity contribution in [3.05, 3.63) is 29.8 Å². The Labute approximate surface area is 135 Å². The molecule has 7 nitrogen and oxygen atoms in total. The molecule has 0 aliphatic heterocycles. The fourth-order valence-corrected chi connectivity index (χ4v) is 2.14. The van der Waals surface area contributed by atoms with E-state index in [0.717, 1.165) is 5.56 Å². The van der Waals surface area contributed by atoms with E-state index in [1.54, 1.807) is 12.1 Å². The summed E-state index contributed by atoms with van der Waals surface area (Å²) in [5, 5.41) is 29.6. The van der Waals surface area contributed by atoms with Gasteiger partial charge in [0.25, 0.3) is 0 Å². The summed E-state index contributed by atoms with van der Waals surface area (Å²) in [6, 6.07) is 4.51. The van der Waals surface area contributed by atoms with Gasteiger partial charge in [0, 0.05) is 0 Å². The molecule has 2 atom stereocenters. The molecule has 8 heteroatoms. The number of hydrogen-bond donors (Lipinski definition) is 5. The van der Waals surface area contributed by atoms with Crippen LogP contribution < -0.4 is 16.5 Å². The molecule has 0 saturated heterocycles. The van der Waals surface area contributed by atoms with E-state index in [1.165, 1.54) is 12.1 Å². The molecule has 1 aromatic rings. The monoisotopic (exact) mass is 322 g/mol. The van der Waals surface area contributed by atoms with Crippen molar-refractivity contribution >= 4 is 24.5 Å². The third-order valence-corrected chi connectivity index (χ3v) is 3.39. The first kappa shape index (κ1) is 19.2. The highest BCUT2D eigenvalue weighted by Crippen LogP contribution is 2.06. The first-order valence-corrected chi connectivity index (χ1v) is 7.44. The molecule has 0 heterocycles. The van der Waals surface area contributed by atoms with Gasteiger partial charge in [-0.2, -0.15) is 0 Å². The molecular weight excluding hydrogens is 299 g/mol. The number of carbonyl (C=O) groups excluding carboxylic acids is 1. The molecule has 23 heavy (non-hydrogen) atoms. The molecule has 0 aliphatic carbocycles. The van der Waals surface area contributed by atoms with E-state index in [1.807, 2.05) is 13.8 Å². The number of rotatable bonds is 8. The predicted octanol–water partition coefficient (Wildman–Crippen LogP) is -1.15. The molecule has 0 bridgehead atoms. The Bertz CT molecular complexity index is 533. The molecule has 0 aliphatic rings. The van der Waals surface area contributed by atoms with Crippen LogP contribution in [-0.2, 0) is 16.0 Å². The SMILES string of the molecule is CC(C)C[C@H](NC(=O)[C@@H](N)Cc1ccc(B(O)O)cc1)C(=O)O. The number of amides is 1. The van der Waals surface area contributed by atoms with Gasteiger partial charge in [0.2, 0.25) is 5.91 Å². The summed E-state index contributed by atoms with van der Waals surface area (Å²) in [5.41, 5.74) is 6.91. The second-order valence-electron chi connectivity index (χ2n) is 5.95. The van der Waals surface area contributed by atoms with E-state index in [-0.39, 0.29) is 12.3 Å². The van der Waals surface area contributed by atoms with E-state index >= 15 is 0 Å². The van der Waals surface area contributed by atoms with E-state index in [4.69, 9.17) is 20.9 Å². The highest BCUT2D eigenvalue weighted by Gasteiger charge is 2.24. The second kappa shape index (κ2) is 8.66. The molecular formula is C15H23BN2O5. The van der Waals surface area contributed by atoms with Crippen molar-refractivity contribution in [3.8, 4) is 0 Å². The number of hydrogen-bond acceptors (Lipinski definition) is 5. The molecule has 126 valence electrons. The van der Waals surface area contributed by atoms with Crippen molar-refractivity contribution in [1.29, 1.82) is 0 Å². The average Bonchev–Trinajstić information content (AvgIpc) is 2.46. The summed E-state index contributed by atoms with van der Waals surface area (Å²) in [6.45, 7) is 3.75. The fraction of sp³-hybridized carbons (Fsp3) is 0.467. The van der Waals surface area contributed by atoms with Gasteiger partial charge in [-0.05, 0) is 29.8 Å². The molecule has 0 unspecified atom stereocenters. The normalized spacial score (nSPS) is 13.5. The van der Waals surface area contributed by atoms with Gasteiger partial charge in [-0.1, -0.05) is 38.1 Å². The smallest absolute Gasteiger partial charge is 0.480 e. The second-order valence-corrected chi connectivity index (χ2v) is 5.95. The van der Waals surface area contributed by atoms with Crippen LogP contribution in [-0.4, -0.2) is 46.2 Å². The molecule has 0 radical (unpaired) electrons. The van der Waals surface area contributed by atoms with Crippen LogP contribution in [0.4, 0.5) is 0 Å². The van der Waals surface area contributed by atoms with Crippen LogP contribution in [0.25, 0.3) is 0 Å². The Morgan fingerprint density at radius 1 is 1.22 bits per heavy atom. The Kier molecular flexibility index (Phi) is 7.21. The van der Waals surface area contributed by atoms with Crippen molar-refractivity contribution in [2.45, 2.75) is 38.8 Å². The Morgan fingerprint density at radius 3 is 2.22 bits per heavy atom. The maximum atomic E-state index is 12.0. The highest BCUT2D eigenvalue weighted by molar-refractivity contribution is 6.58. The van der Waals surface area contributed by atoms with Crippen LogP contribution in [0.2, 0.25) is 0 Å². The van der Waals surface area contributed by atoms with Crippen LogP contribution >= 0.6 is 0 Å². The highest BCUT2D eigenvalue weighted by atomic mass is 16.4. The summed E-state index contributed by atoms with van der Waals surface area (Å²) in [4.78, 5) is 23.2. The van der Waals surface area contributed by atoms with Gasteiger partial charge in [0.05, 0.1) is 6.04 Å². The zero-order chi connectivity index (χ0) is 17.6. The van der Waals surface area contributed by atoms with Gasteiger partial charge in [-0.15, -0.1) is 0 Å². The van der Waals surface area contributed by atoms with E-state index in [0.29, 0.717) is 11.9 Å². The zero-order valence-corrected chi connectivity index (χ0v) is 13.3. The molecule has 0 fully saturated rings. The van der Waals surface area contributed by atoms with Crippen LogP contribution in [0, 0.1) is 5.92 Å². The lowest BCUT2D eigenvalue weighted by Gasteiger charge is -2.19. The minimum atomic E-state index is -1.55. The number of nitrogens with two attached hydrogens (primary N) is 1. The zero-order valence-electron chi connectivity index (χ0n) is 13.3. The maximum absolute atomic E-state index is 12.0. The van der Waals surface area contributed by atoms with Gasteiger partial charge in [-0.25, -0.2) is 4.79 Å². The number of nitrogens with one attached hydrogen (secondary N) is 1. The quantitative estimate of drug-likeness (QED) is 0.384. The molecule has 1 amide bonds. The molecule has 1 aromatic carbocycles. The molecule has 0 spiro atoms. The number of carboxylic acids is 1. The van der Waals surface area contributed by atoms with Crippen LogP contribution in [0.1, 0.15) is 25.8 Å². The summed E-state index contributed by atoms with van der Waals surface area (Å²) in [7, 11) is -1.55. The summed E-state index contributed by atoms with van der Waals surface area (Å²) >= 11 is 0. The van der Waals surface area contributed by atoms with Crippen LogP contribution in [0.3, 0.4) is 0 Å². The van der Waals surface area contributed by atoms with Gasteiger partial charge in [0.1, 0.15) is 6.04 Å². The van der Waals surface area contributed by atoms with E-state index in [9.17, 15) is 9.59 Å². The first-order chi connectivity index (χ1) is 10.7. The Hall–Kier alpha value is -1.90. The fourth-order valence-electron chi connectivity index (χ4n) is 2.14. The summed E-state index contributed by atoms with van der Waals surface area (Å²) in [5.74, 6) is -1.48. The first-order valence-electron chi connectivity index (χ1n) is 7.44. The third kappa shape index (κ3) is 6.39. The molecule has 1 rings (SSSR count).